The van der Waals surface area contributed by atoms with E-state index in [9.17, 15) is 9.59 Å². The molecule has 15 heavy (non-hydrogen) atoms. The molecule has 5 nitrogen and oxygen atoms in total. The van der Waals surface area contributed by atoms with E-state index in [4.69, 9.17) is 15.5 Å². The number of aromatic carboxylic acids is 2. The predicted molar refractivity (Wildman–Crippen MR) is 49.7 cm³/mol. The second kappa shape index (κ2) is 4.24. The molecule has 0 aliphatic carbocycles. The largest absolute Gasteiger partial charge is 0.478 e. The Balaban J connectivity index is 3.43. The number of nitrogens with zero attached hydrogens (tertiary/aromatic N) is 1. The van der Waals surface area contributed by atoms with Gasteiger partial charge < -0.3 is 10.2 Å². The van der Waals surface area contributed by atoms with Crippen LogP contribution in [0.15, 0.2) is 18.2 Å². The molecule has 5 heteroatoms. The molecule has 0 fully saturated rings. The van der Waals surface area contributed by atoms with Crippen LogP contribution in [0, 0.1) is 11.3 Å². The first-order chi connectivity index (χ1) is 7.07. The van der Waals surface area contributed by atoms with Crippen LogP contribution in [0.4, 0.5) is 0 Å². The summed E-state index contributed by atoms with van der Waals surface area (Å²) in [4.78, 5) is 21.6. The van der Waals surface area contributed by atoms with Crippen LogP contribution in [0.2, 0.25) is 0 Å². The minimum atomic E-state index is -1.33. The molecule has 76 valence electrons. The number of carboxylic acids is 2. The molecule has 0 radical (unpaired) electrons. The summed E-state index contributed by atoms with van der Waals surface area (Å²) in [5, 5.41) is 26.1. The van der Waals surface area contributed by atoms with Crippen molar-refractivity contribution in [2.45, 2.75) is 6.42 Å². The molecule has 0 spiro atoms. The number of carbonyl (C=O) groups is 2. The molecular weight excluding hydrogens is 198 g/mol. The van der Waals surface area contributed by atoms with Gasteiger partial charge in [0.2, 0.25) is 0 Å². The highest BCUT2D eigenvalue weighted by atomic mass is 16.4. The quantitative estimate of drug-likeness (QED) is 0.771. The Morgan fingerprint density at radius 2 is 1.93 bits per heavy atom. The molecule has 0 saturated carbocycles. The Morgan fingerprint density at radius 3 is 2.40 bits per heavy atom. The lowest BCUT2D eigenvalue weighted by atomic mass is 9.99. The van der Waals surface area contributed by atoms with Crippen molar-refractivity contribution in [3.05, 3.63) is 34.9 Å². The maximum absolute atomic E-state index is 10.8. The van der Waals surface area contributed by atoms with Gasteiger partial charge in [0.15, 0.2) is 0 Å². The van der Waals surface area contributed by atoms with Crippen LogP contribution in [0.3, 0.4) is 0 Å². The lowest BCUT2D eigenvalue weighted by Gasteiger charge is -2.05. The molecule has 0 saturated heterocycles. The Bertz CT molecular complexity index is 459. The van der Waals surface area contributed by atoms with Gasteiger partial charge in [0.25, 0.3) is 0 Å². The first-order valence-corrected chi connectivity index (χ1v) is 4.03. The average molecular weight is 205 g/mol. The maximum Gasteiger partial charge on any atom is 0.336 e. The van der Waals surface area contributed by atoms with Gasteiger partial charge in [0.05, 0.1) is 23.6 Å². The van der Waals surface area contributed by atoms with E-state index < -0.39 is 11.9 Å². The molecule has 1 rings (SSSR count). The van der Waals surface area contributed by atoms with E-state index in [2.05, 4.69) is 0 Å². The van der Waals surface area contributed by atoms with Crippen molar-refractivity contribution in [3.63, 3.8) is 0 Å². The molecule has 1 aromatic rings. The molecule has 0 heterocycles. The summed E-state index contributed by atoms with van der Waals surface area (Å²) in [6.07, 6.45) is -0.122. The number of hydrogen-bond acceptors (Lipinski definition) is 3. The van der Waals surface area contributed by atoms with E-state index in [0.717, 1.165) is 0 Å². The Morgan fingerprint density at radius 1 is 1.27 bits per heavy atom. The fourth-order valence-electron chi connectivity index (χ4n) is 1.26. The van der Waals surface area contributed by atoms with Crippen molar-refractivity contribution >= 4 is 11.9 Å². The second-order valence-corrected chi connectivity index (χ2v) is 2.78. The van der Waals surface area contributed by atoms with Crippen LogP contribution >= 0.6 is 0 Å². The summed E-state index contributed by atoms with van der Waals surface area (Å²) in [5.41, 5.74) is -0.397. The first-order valence-electron chi connectivity index (χ1n) is 4.03. The molecule has 0 aromatic heterocycles. The number of hydrogen-bond donors (Lipinski definition) is 2. The van der Waals surface area contributed by atoms with Crippen LogP contribution in [0.5, 0.6) is 0 Å². The van der Waals surface area contributed by atoms with E-state index in [1.807, 2.05) is 0 Å². The number of rotatable bonds is 3. The Hall–Kier alpha value is -2.35. The molecule has 0 atom stereocenters. The van der Waals surface area contributed by atoms with Gasteiger partial charge in [-0.05, 0) is 11.6 Å². The standard InChI is InChI=1S/C10H7NO4/c11-5-4-6-2-1-3-7(9(12)13)8(6)10(14)15/h1-3H,4H2,(H,12,13)(H,14,15). The topological polar surface area (TPSA) is 98.4 Å². The molecule has 2 N–H and O–H groups in total. The summed E-state index contributed by atoms with van der Waals surface area (Å²) >= 11 is 0. The Labute approximate surface area is 85.2 Å². The van der Waals surface area contributed by atoms with Gasteiger partial charge in [0, 0.05) is 0 Å². The molecular formula is C10H7NO4. The fourth-order valence-corrected chi connectivity index (χ4v) is 1.26. The highest BCUT2D eigenvalue weighted by Crippen LogP contribution is 2.15. The monoisotopic (exact) mass is 205 g/mol. The van der Waals surface area contributed by atoms with Crippen LogP contribution in [-0.4, -0.2) is 22.2 Å². The third kappa shape index (κ3) is 2.11. The van der Waals surface area contributed by atoms with Gasteiger partial charge in [0.1, 0.15) is 0 Å². The number of carboxylic acid groups (broad SMARTS) is 2. The van der Waals surface area contributed by atoms with Crippen molar-refractivity contribution in [1.29, 1.82) is 5.26 Å². The second-order valence-electron chi connectivity index (χ2n) is 2.78. The summed E-state index contributed by atoms with van der Waals surface area (Å²) in [7, 11) is 0. The SMILES string of the molecule is N#CCc1cccc(C(=O)O)c1C(=O)O. The van der Waals surface area contributed by atoms with Crippen LogP contribution in [-0.2, 0) is 6.42 Å². The van der Waals surface area contributed by atoms with Crippen molar-refractivity contribution in [2.75, 3.05) is 0 Å². The fraction of sp³-hybridized carbons (Fsp3) is 0.100. The summed E-state index contributed by atoms with van der Waals surface area (Å²) < 4.78 is 0. The highest BCUT2D eigenvalue weighted by molar-refractivity contribution is 6.02. The van der Waals surface area contributed by atoms with E-state index in [-0.39, 0.29) is 23.1 Å². The zero-order valence-electron chi connectivity index (χ0n) is 7.60. The Kier molecular flexibility index (Phi) is 3.03. The summed E-state index contributed by atoms with van der Waals surface area (Å²) in [5.74, 6) is -2.65. The normalized spacial score (nSPS) is 9.27. The zero-order chi connectivity index (χ0) is 11.4. The summed E-state index contributed by atoms with van der Waals surface area (Å²) in [6, 6.07) is 5.84. The van der Waals surface area contributed by atoms with Crippen molar-refractivity contribution in [2.24, 2.45) is 0 Å². The molecule has 0 bridgehead atoms. The smallest absolute Gasteiger partial charge is 0.336 e. The number of benzene rings is 1. The van der Waals surface area contributed by atoms with Gasteiger partial charge in [-0.25, -0.2) is 9.59 Å². The number of nitriles is 1. The minimum absolute atomic E-state index is 0.122. The van der Waals surface area contributed by atoms with E-state index in [1.165, 1.54) is 18.2 Å². The summed E-state index contributed by atoms with van der Waals surface area (Å²) in [6.45, 7) is 0. The molecule has 0 aliphatic heterocycles. The average Bonchev–Trinajstić information content (AvgIpc) is 2.17. The zero-order valence-corrected chi connectivity index (χ0v) is 7.60. The molecule has 0 aliphatic rings. The maximum atomic E-state index is 10.8. The van der Waals surface area contributed by atoms with Crippen LogP contribution in [0.1, 0.15) is 26.3 Å². The van der Waals surface area contributed by atoms with Gasteiger partial charge >= 0.3 is 11.9 Å². The van der Waals surface area contributed by atoms with Crippen molar-refractivity contribution in [1.82, 2.24) is 0 Å². The van der Waals surface area contributed by atoms with E-state index in [1.54, 1.807) is 6.07 Å². The van der Waals surface area contributed by atoms with Gasteiger partial charge in [-0.2, -0.15) is 5.26 Å². The minimum Gasteiger partial charge on any atom is -0.478 e. The van der Waals surface area contributed by atoms with Gasteiger partial charge in [-0.3, -0.25) is 0 Å². The third-order valence-corrected chi connectivity index (χ3v) is 1.86. The third-order valence-electron chi connectivity index (χ3n) is 1.86. The molecule has 1 aromatic carbocycles. The van der Waals surface area contributed by atoms with Crippen molar-refractivity contribution in [3.8, 4) is 6.07 Å². The lowest BCUT2D eigenvalue weighted by molar-refractivity contribution is 0.0650. The van der Waals surface area contributed by atoms with Crippen molar-refractivity contribution < 1.29 is 19.8 Å². The first kappa shape index (κ1) is 10.7. The van der Waals surface area contributed by atoms with E-state index >= 15 is 0 Å². The van der Waals surface area contributed by atoms with Gasteiger partial charge in [-0.15, -0.1) is 0 Å². The lowest BCUT2D eigenvalue weighted by Crippen LogP contribution is -2.11. The highest BCUT2D eigenvalue weighted by Gasteiger charge is 2.19. The van der Waals surface area contributed by atoms with Crippen LogP contribution in [0.25, 0.3) is 0 Å². The van der Waals surface area contributed by atoms with Gasteiger partial charge in [-0.1, -0.05) is 12.1 Å². The van der Waals surface area contributed by atoms with E-state index in [0.29, 0.717) is 0 Å². The molecule has 0 amide bonds. The predicted octanol–water partition coefficient (Wildman–Crippen LogP) is 1.15. The molecule has 0 unspecified atom stereocenters. The van der Waals surface area contributed by atoms with Crippen LogP contribution < -0.4 is 0 Å².